The van der Waals surface area contributed by atoms with Crippen LogP contribution in [0.15, 0.2) is 41.8 Å². The van der Waals surface area contributed by atoms with Crippen LogP contribution in [0.3, 0.4) is 0 Å². The van der Waals surface area contributed by atoms with Crippen molar-refractivity contribution in [2.75, 3.05) is 7.05 Å². The van der Waals surface area contributed by atoms with E-state index in [1.807, 2.05) is 18.4 Å². The van der Waals surface area contributed by atoms with E-state index < -0.39 is 0 Å². The Hall–Kier alpha value is -1.12. The van der Waals surface area contributed by atoms with E-state index in [2.05, 4.69) is 48.5 Å². The maximum absolute atomic E-state index is 4.11. The Morgan fingerprint density at radius 2 is 2.18 bits per heavy atom. The minimum absolute atomic E-state index is 0.388. The Morgan fingerprint density at radius 1 is 1.41 bits per heavy atom. The summed E-state index contributed by atoms with van der Waals surface area (Å²) in [6, 6.07) is 8.99. The molecule has 1 atom stereocenters. The molecule has 2 heteroatoms. The lowest BCUT2D eigenvalue weighted by Crippen LogP contribution is -2.16. The van der Waals surface area contributed by atoms with Crippen LogP contribution in [0.5, 0.6) is 0 Å². The van der Waals surface area contributed by atoms with Gasteiger partial charge in [0.05, 0.1) is 0 Å². The molecule has 1 heterocycles. The number of benzene rings is 1. The molecule has 0 aliphatic carbocycles. The van der Waals surface area contributed by atoms with Crippen LogP contribution in [0.1, 0.15) is 31.4 Å². The standard InChI is InChI=1S/C15H19NS/c1-4-11(2)9-14(16-3)13-10-17-15-8-6-5-7-12(13)15/h5-8,10,14,16H,2,4,9H2,1,3H3. The Kier molecular flexibility index (Phi) is 3.97. The predicted molar refractivity (Wildman–Crippen MR) is 77.7 cm³/mol. The molecule has 1 N–H and O–H groups in total. The van der Waals surface area contributed by atoms with Crippen LogP contribution in [0.4, 0.5) is 0 Å². The van der Waals surface area contributed by atoms with E-state index in [9.17, 15) is 0 Å². The summed E-state index contributed by atoms with van der Waals surface area (Å²) in [6.07, 6.45) is 2.08. The Morgan fingerprint density at radius 3 is 2.88 bits per heavy atom. The molecule has 0 bridgehead atoms. The third kappa shape index (κ3) is 2.59. The minimum Gasteiger partial charge on any atom is -0.313 e. The molecule has 0 spiro atoms. The van der Waals surface area contributed by atoms with Gasteiger partial charge in [0, 0.05) is 10.7 Å². The molecule has 90 valence electrons. The fourth-order valence-corrected chi connectivity index (χ4v) is 3.08. The van der Waals surface area contributed by atoms with Crippen molar-refractivity contribution < 1.29 is 0 Å². The molecule has 0 radical (unpaired) electrons. The van der Waals surface area contributed by atoms with Crippen molar-refractivity contribution in [3.05, 3.63) is 47.4 Å². The SMILES string of the molecule is C=C(CC)CC(NC)c1csc2ccccc12. The van der Waals surface area contributed by atoms with Gasteiger partial charge >= 0.3 is 0 Å². The summed E-state index contributed by atoms with van der Waals surface area (Å²) in [7, 11) is 2.03. The summed E-state index contributed by atoms with van der Waals surface area (Å²) in [5.74, 6) is 0. The summed E-state index contributed by atoms with van der Waals surface area (Å²) in [5, 5.41) is 7.06. The highest BCUT2D eigenvalue weighted by atomic mass is 32.1. The maximum Gasteiger partial charge on any atom is 0.0369 e. The first-order valence-electron chi connectivity index (χ1n) is 6.06. The average Bonchev–Trinajstić information content (AvgIpc) is 2.79. The normalized spacial score (nSPS) is 12.8. The Bertz CT molecular complexity index is 512. The van der Waals surface area contributed by atoms with E-state index in [1.54, 1.807) is 0 Å². The smallest absolute Gasteiger partial charge is 0.0369 e. The van der Waals surface area contributed by atoms with Gasteiger partial charge in [0.25, 0.3) is 0 Å². The molecular weight excluding hydrogens is 226 g/mol. The van der Waals surface area contributed by atoms with Gasteiger partial charge in [-0.2, -0.15) is 0 Å². The zero-order valence-electron chi connectivity index (χ0n) is 10.5. The lowest BCUT2D eigenvalue weighted by molar-refractivity contribution is 0.588. The molecular formula is C15H19NS. The first kappa shape index (κ1) is 12.3. The van der Waals surface area contributed by atoms with Gasteiger partial charge < -0.3 is 5.32 Å². The second-order valence-corrected chi connectivity index (χ2v) is 5.25. The summed E-state index contributed by atoms with van der Waals surface area (Å²) in [6.45, 7) is 6.28. The predicted octanol–water partition coefficient (Wildman–Crippen LogP) is 4.52. The number of hydrogen-bond donors (Lipinski definition) is 1. The molecule has 1 aromatic carbocycles. The molecule has 0 saturated carbocycles. The molecule has 17 heavy (non-hydrogen) atoms. The van der Waals surface area contributed by atoms with Crippen molar-refractivity contribution in [2.24, 2.45) is 0 Å². The maximum atomic E-state index is 4.11. The van der Waals surface area contributed by atoms with Gasteiger partial charge in [-0.1, -0.05) is 37.3 Å². The van der Waals surface area contributed by atoms with Crippen molar-refractivity contribution >= 4 is 21.4 Å². The molecule has 2 aromatic rings. The van der Waals surface area contributed by atoms with Crippen LogP contribution in [0.2, 0.25) is 0 Å². The number of thiophene rings is 1. The molecule has 0 fully saturated rings. The highest BCUT2D eigenvalue weighted by Gasteiger charge is 2.14. The Labute approximate surface area is 107 Å². The number of fused-ring (bicyclic) bond motifs is 1. The van der Waals surface area contributed by atoms with Crippen LogP contribution in [-0.2, 0) is 0 Å². The molecule has 0 amide bonds. The van der Waals surface area contributed by atoms with Crippen molar-refractivity contribution in [1.82, 2.24) is 5.32 Å². The van der Waals surface area contributed by atoms with E-state index in [-0.39, 0.29) is 0 Å². The lowest BCUT2D eigenvalue weighted by Gasteiger charge is -2.16. The third-order valence-corrected chi connectivity index (χ3v) is 4.21. The number of rotatable bonds is 5. The topological polar surface area (TPSA) is 12.0 Å². The molecule has 1 aromatic heterocycles. The van der Waals surface area contributed by atoms with Gasteiger partial charge in [-0.3, -0.25) is 0 Å². The van der Waals surface area contributed by atoms with Crippen LogP contribution in [-0.4, -0.2) is 7.05 Å². The Balaban J connectivity index is 2.33. The molecule has 1 nitrogen and oxygen atoms in total. The van der Waals surface area contributed by atoms with E-state index in [4.69, 9.17) is 0 Å². The largest absolute Gasteiger partial charge is 0.313 e. The fraction of sp³-hybridized carbons (Fsp3) is 0.333. The zero-order valence-corrected chi connectivity index (χ0v) is 11.3. The fourth-order valence-electron chi connectivity index (χ4n) is 2.07. The van der Waals surface area contributed by atoms with Gasteiger partial charge in [0.2, 0.25) is 0 Å². The third-order valence-electron chi connectivity index (χ3n) is 3.23. The summed E-state index contributed by atoms with van der Waals surface area (Å²) in [4.78, 5) is 0. The first-order valence-corrected chi connectivity index (χ1v) is 6.94. The summed E-state index contributed by atoms with van der Waals surface area (Å²) >= 11 is 1.82. The quantitative estimate of drug-likeness (QED) is 0.764. The van der Waals surface area contributed by atoms with Gasteiger partial charge in [0.1, 0.15) is 0 Å². The van der Waals surface area contributed by atoms with E-state index >= 15 is 0 Å². The van der Waals surface area contributed by atoms with Crippen LogP contribution >= 0.6 is 11.3 Å². The van der Waals surface area contributed by atoms with E-state index in [0.29, 0.717) is 6.04 Å². The highest BCUT2D eigenvalue weighted by Crippen LogP contribution is 2.32. The van der Waals surface area contributed by atoms with E-state index in [0.717, 1.165) is 12.8 Å². The van der Waals surface area contributed by atoms with Crippen molar-refractivity contribution in [3.8, 4) is 0 Å². The second kappa shape index (κ2) is 5.48. The average molecular weight is 245 g/mol. The molecule has 2 rings (SSSR count). The first-order chi connectivity index (χ1) is 8.26. The minimum atomic E-state index is 0.388. The van der Waals surface area contributed by atoms with Gasteiger partial charge in [-0.05, 0) is 42.3 Å². The van der Waals surface area contributed by atoms with Crippen molar-refractivity contribution in [2.45, 2.75) is 25.8 Å². The molecule has 0 aliphatic rings. The van der Waals surface area contributed by atoms with E-state index in [1.165, 1.54) is 21.2 Å². The zero-order chi connectivity index (χ0) is 12.3. The van der Waals surface area contributed by atoms with Crippen LogP contribution in [0.25, 0.3) is 10.1 Å². The highest BCUT2D eigenvalue weighted by molar-refractivity contribution is 7.17. The molecule has 0 aliphatic heterocycles. The number of nitrogens with one attached hydrogen (secondary N) is 1. The lowest BCUT2D eigenvalue weighted by atomic mass is 9.98. The second-order valence-electron chi connectivity index (χ2n) is 4.34. The van der Waals surface area contributed by atoms with Gasteiger partial charge in [0.15, 0.2) is 0 Å². The number of hydrogen-bond acceptors (Lipinski definition) is 2. The van der Waals surface area contributed by atoms with Crippen LogP contribution < -0.4 is 5.32 Å². The summed E-state index contributed by atoms with van der Waals surface area (Å²) in [5.41, 5.74) is 2.71. The summed E-state index contributed by atoms with van der Waals surface area (Å²) < 4.78 is 1.37. The van der Waals surface area contributed by atoms with Gasteiger partial charge in [-0.25, -0.2) is 0 Å². The molecule has 0 saturated heterocycles. The monoisotopic (exact) mass is 245 g/mol. The van der Waals surface area contributed by atoms with Gasteiger partial charge in [-0.15, -0.1) is 11.3 Å². The molecule has 1 unspecified atom stereocenters. The van der Waals surface area contributed by atoms with Crippen molar-refractivity contribution in [1.29, 1.82) is 0 Å². The van der Waals surface area contributed by atoms with Crippen molar-refractivity contribution in [3.63, 3.8) is 0 Å². The van der Waals surface area contributed by atoms with Crippen LogP contribution in [0, 0.1) is 0 Å².